The van der Waals surface area contributed by atoms with E-state index < -0.39 is 0 Å². The first kappa shape index (κ1) is 18.6. The number of hydrogen-bond acceptors (Lipinski definition) is 4. The molecule has 7 heteroatoms. The molecule has 1 aliphatic heterocycles. The Hall–Kier alpha value is -0.460. The first-order valence-corrected chi connectivity index (χ1v) is 8.76. The largest absolute Gasteiger partial charge is 0.352 e. The molecule has 0 aromatic carbocycles. The summed E-state index contributed by atoms with van der Waals surface area (Å²) < 4.78 is 0. The van der Waals surface area contributed by atoms with Crippen molar-refractivity contribution in [2.45, 2.75) is 50.6 Å². The minimum absolute atomic E-state index is 0. The van der Waals surface area contributed by atoms with Crippen molar-refractivity contribution >= 4 is 36.0 Å². The lowest BCUT2D eigenvalue weighted by Gasteiger charge is -2.23. The molecule has 2 amide bonds. The van der Waals surface area contributed by atoms with E-state index in [1.807, 2.05) is 11.8 Å². The van der Waals surface area contributed by atoms with Gasteiger partial charge in [0.15, 0.2) is 0 Å². The molecule has 1 heterocycles. The Morgan fingerprint density at radius 1 is 1.14 bits per heavy atom. The lowest BCUT2D eigenvalue weighted by Crippen LogP contribution is -2.45. The molecule has 2 aliphatic rings. The van der Waals surface area contributed by atoms with Gasteiger partial charge >= 0.3 is 0 Å². The second-order valence-electron chi connectivity index (χ2n) is 5.61. The monoisotopic (exact) mass is 335 g/mol. The normalized spacial score (nSPS) is 23.0. The molecule has 5 nitrogen and oxygen atoms in total. The third-order valence-corrected chi connectivity index (χ3v) is 4.98. The van der Waals surface area contributed by atoms with Gasteiger partial charge in [-0.05, 0) is 12.8 Å². The average molecular weight is 336 g/mol. The van der Waals surface area contributed by atoms with Gasteiger partial charge in [-0.2, -0.15) is 11.8 Å². The average Bonchev–Trinajstić information content (AvgIpc) is 2.47. The Morgan fingerprint density at radius 3 is 2.57 bits per heavy atom. The molecule has 0 aromatic rings. The predicted molar refractivity (Wildman–Crippen MR) is 89.0 cm³/mol. The van der Waals surface area contributed by atoms with Crippen LogP contribution in [-0.2, 0) is 9.59 Å². The van der Waals surface area contributed by atoms with E-state index >= 15 is 0 Å². The number of rotatable bonds is 5. The maximum Gasteiger partial charge on any atom is 0.239 e. The summed E-state index contributed by atoms with van der Waals surface area (Å²) in [5, 5.41) is 9.04. The van der Waals surface area contributed by atoms with Crippen LogP contribution in [0.5, 0.6) is 0 Å². The number of amides is 2. The predicted octanol–water partition coefficient (Wildman–Crippen LogP) is 1.07. The van der Waals surface area contributed by atoms with Gasteiger partial charge in [0.25, 0.3) is 0 Å². The topological polar surface area (TPSA) is 70.2 Å². The molecule has 1 atom stereocenters. The summed E-state index contributed by atoms with van der Waals surface area (Å²) in [7, 11) is 0. The molecule has 1 aliphatic carbocycles. The van der Waals surface area contributed by atoms with Crippen LogP contribution >= 0.6 is 24.2 Å². The van der Waals surface area contributed by atoms with Crippen LogP contribution in [-0.4, -0.2) is 48.5 Å². The minimum Gasteiger partial charge on any atom is -0.352 e. The van der Waals surface area contributed by atoms with E-state index in [0.717, 1.165) is 30.9 Å². The molecule has 0 aromatic heterocycles. The van der Waals surface area contributed by atoms with Crippen molar-refractivity contribution in [2.24, 2.45) is 0 Å². The Bertz CT molecular complexity index is 300. The van der Waals surface area contributed by atoms with Gasteiger partial charge < -0.3 is 16.0 Å². The van der Waals surface area contributed by atoms with Gasteiger partial charge in [-0.3, -0.25) is 9.59 Å². The van der Waals surface area contributed by atoms with Crippen LogP contribution in [0.25, 0.3) is 0 Å². The number of halogens is 1. The van der Waals surface area contributed by atoms with Crippen LogP contribution in [0, 0.1) is 0 Å². The highest BCUT2D eigenvalue weighted by Gasteiger charge is 2.18. The molecule has 3 N–H and O–H groups in total. The second-order valence-corrected chi connectivity index (χ2v) is 6.76. The molecule has 0 spiro atoms. The van der Waals surface area contributed by atoms with Crippen LogP contribution < -0.4 is 16.0 Å². The number of carbonyl (C=O) groups excluding carboxylic acids is 2. The van der Waals surface area contributed by atoms with Gasteiger partial charge in [-0.25, -0.2) is 0 Å². The molecular formula is C14H26ClN3O2S. The third-order valence-electron chi connectivity index (χ3n) is 3.85. The number of carbonyl (C=O) groups is 2. The van der Waals surface area contributed by atoms with Crippen LogP contribution in [0.3, 0.4) is 0 Å². The molecule has 0 radical (unpaired) electrons. The van der Waals surface area contributed by atoms with E-state index in [4.69, 9.17) is 0 Å². The summed E-state index contributed by atoms with van der Waals surface area (Å²) in [5.41, 5.74) is 0. The summed E-state index contributed by atoms with van der Waals surface area (Å²) >= 11 is 1.87. The first-order chi connectivity index (χ1) is 9.74. The molecule has 1 unspecified atom stereocenters. The van der Waals surface area contributed by atoms with Crippen molar-refractivity contribution in [1.29, 1.82) is 0 Å². The fourth-order valence-corrected chi connectivity index (χ4v) is 3.70. The minimum atomic E-state index is -0.0590. The first-order valence-electron chi connectivity index (χ1n) is 7.61. The van der Waals surface area contributed by atoms with Crippen molar-refractivity contribution in [3.05, 3.63) is 0 Å². The summed E-state index contributed by atoms with van der Waals surface area (Å²) in [6.07, 6.45) is 6.27. The Labute approximate surface area is 137 Å². The van der Waals surface area contributed by atoms with Gasteiger partial charge in [0.1, 0.15) is 0 Å². The van der Waals surface area contributed by atoms with E-state index in [-0.39, 0.29) is 36.8 Å². The van der Waals surface area contributed by atoms with E-state index in [0.29, 0.717) is 12.5 Å². The number of hydrogen-bond donors (Lipinski definition) is 3. The molecule has 2 rings (SSSR count). The zero-order valence-corrected chi connectivity index (χ0v) is 14.0. The summed E-state index contributed by atoms with van der Waals surface area (Å²) in [6.45, 7) is 1.07. The fourth-order valence-electron chi connectivity index (χ4n) is 2.75. The highest BCUT2D eigenvalue weighted by molar-refractivity contribution is 7.99. The van der Waals surface area contributed by atoms with E-state index in [1.165, 1.54) is 19.3 Å². The van der Waals surface area contributed by atoms with Crippen LogP contribution in [0.2, 0.25) is 0 Å². The smallest absolute Gasteiger partial charge is 0.239 e. The van der Waals surface area contributed by atoms with E-state index in [9.17, 15) is 9.59 Å². The van der Waals surface area contributed by atoms with E-state index in [1.54, 1.807) is 0 Å². The Kier molecular flexibility index (Phi) is 9.11. The van der Waals surface area contributed by atoms with Crippen molar-refractivity contribution < 1.29 is 9.59 Å². The fraction of sp³-hybridized carbons (Fsp3) is 0.857. The molecule has 0 bridgehead atoms. The zero-order chi connectivity index (χ0) is 14.2. The SMILES string of the molecule is Cl.O=C(CC1CSCCN1)NCC(=O)NC1CCCCC1. The Balaban J connectivity index is 0.00000220. The van der Waals surface area contributed by atoms with Gasteiger partial charge in [0.2, 0.25) is 11.8 Å². The van der Waals surface area contributed by atoms with E-state index in [2.05, 4.69) is 16.0 Å². The summed E-state index contributed by atoms with van der Waals surface area (Å²) in [6, 6.07) is 0.555. The summed E-state index contributed by atoms with van der Waals surface area (Å²) in [4.78, 5) is 23.5. The van der Waals surface area contributed by atoms with Gasteiger partial charge in [-0.1, -0.05) is 19.3 Å². The molecule has 2 fully saturated rings. The third kappa shape index (κ3) is 7.38. The molecular weight excluding hydrogens is 310 g/mol. The molecule has 1 saturated heterocycles. The van der Waals surface area contributed by atoms with Gasteiger partial charge in [-0.15, -0.1) is 12.4 Å². The quantitative estimate of drug-likeness (QED) is 0.703. The van der Waals surface area contributed by atoms with Crippen molar-refractivity contribution in [1.82, 2.24) is 16.0 Å². The van der Waals surface area contributed by atoms with Crippen molar-refractivity contribution in [2.75, 3.05) is 24.6 Å². The van der Waals surface area contributed by atoms with Crippen LogP contribution in [0.4, 0.5) is 0 Å². The standard InChI is InChI=1S/C14H25N3O2S.ClH/c18-13(8-12-10-20-7-6-15-12)16-9-14(19)17-11-4-2-1-3-5-11;/h11-12,15H,1-10H2,(H,16,18)(H,17,19);1H. The highest BCUT2D eigenvalue weighted by Crippen LogP contribution is 2.17. The molecule has 122 valence electrons. The van der Waals surface area contributed by atoms with Crippen LogP contribution in [0.15, 0.2) is 0 Å². The van der Waals surface area contributed by atoms with Crippen molar-refractivity contribution in [3.63, 3.8) is 0 Å². The number of nitrogens with one attached hydrogen (secondary N) is 3. The zero-order valence-electron chi connectivity index (χ0n) is 12.4. The second kappa shape index (κ2) is 10.3. The molecule has 21 heavy (non-hydrogen) atoms. The van der Waals surface area contributed by atoms with Crippen molar-refractivity contribution in [3.8, 4) is 0 Å². The highest BCUT2D eigenvalue weighted by atomic mass is 35.5. The maximum atomic E-state index is 11.8. The van der Waals surface area contributed by atoms with Gasteiger partial charge in [0.05, 0.1) is 6.54 Å². The summed E-state index contributed by atoms with van der Waals surface area (Å²) in [5.74, 6) is 1.99. The van der Waals surface area contributed by atoms with Crippen LogP contribution in [0.1, 0.15) is 38.5 Å². The number of thioether (sulfide) groups is 1. The lowest BCUT2D eigenvalue weighted by atomic mass is 9.95. The lowest BCUT2D eigenvalue weighted by molar-refractivity contribution is -0.126. The molecule has 1 saturated carbocycles. The van der Waals surface area contributed by atoms with Gasteiger partial charge in [0, 0.05) is 36.6 Å². The Morgan fingerprint density at radius 2 is 1.90 bits per heavy atom. The maximum absolute atomic E-state index is 11.8.